The Hall–Kier alpha value is -1.84. The largest absolute Gasteiger partial charge is 0.481 e. The van der Waals surface area contributed by atoms with E-state index in [1.807, 2.05) is 30.3 Å². The molecule has 0 spiro atoms. The van der Waals surface area contributed by atoms with Crippen molar-refractivity contribution in [3.63, 3.8) is 0 Å². The summed E-state index contributed by atoms with van der Waals surface area (Å²) in [6, 6.07) is 9.51. The van der Waals surface area contributed by atoms with E-state index >= 15 is 0 Å². The molecule has 102 valence electrons. The van der Waals surface area contributed by atoms with E-state index in [-0.39, 0.29) is 12.5 Å². The number of nitrogens with one attached hydrogen (secondary N) is 1. The van der Waals surface area contributed by atoms with Gasteiger partial charge in [-0.1, -0.05) is 36.8 Å². The lowest BCUT2D eigenvalue weighted by Crippen LogP contribution is -2.30. The van der Waals surface area contributed by atoms with E-state index in [0.29, 0.717) is 0 Å². The molecule has 2 rings (SSSR count). The van der Waals surface area contributed by atoms with Gasteiger partial charge in [-0.15, -0.1) is 0 Å². The zero-order valence-electron chi connectivity index (χ0n) is 11.0. The molecule has 0 amide bonds. The molecule has 0 aromatic heterocycles. The predicted octanol–water partition coefficient (Wildman–Crippen LogP) is 2.76. The van der Waals surface area contributed by atoms with Gasteiger partial charge in [-0.3, -0.25) is 9.79 Å². The molecule has 1 aromatic rings. The smallest absolute Gasteiger partial charge is 0.305 e. The summed E-state index contributed by atoms with van der Waals surface area (Å²) in [5.41, 5.74) is 0.997. The van der Waals surface area contributed by atoms with Gasteiger partial charge < -0.3 is 10.4 Å². The van der Waals surface area contributed by atoms with Crippen LogP contribution < -0.4 is 5.32 Å². The van der Waals surface area contributed by atoms with E-state index in [0.717, 1.165) is 37.2 Å². The quantitative estimate of drug-likeness (QED) is 0.875. The highest BCUT2D eigenvalue weighted by Gasteiger charge is 2.17. The zero-order valence-corrected chi connectivity index (χ0v) is 11.0. The molecule has 0 aliphatic carbocycles. The molecule has 1 atom stereocenters. The molecule has 0 saturated heterocycles. The van der Waals surface area contributed by atoms with Crippen LogP contribution in [0.15, 0.2) is 35.3 Å². The van der Waals surface area contributed by atoms with Crippen LogP contribution in [0.25, 0.3) is 0 Å². The summed E-state index contributed by atoms with van der Waals surface area (Å²) >= 11 is 0. The average molecular weight is 260 g/mol. The minimum absolute atomic E-state index is 0.0725. The molecule has 1 heterocycles. The van der Waals surface area contributed by atoms with Crippen LogP contribution in [-0.4, -0.2) is 23.5 Å². The van der Waals surface area contributed by atoms with Crippen molar-refractivity contribution in [3.05, 3.63) is 35.9 Å². The van der Waals surface area contributed by atoms with Gasteiger partial charge in [-0.25, -0.2) is 0 Å². The van der Waals surface area contributed by atoms with Crippen molar-refractivity contribution >= 4 is 11.8 Å². The Kier molecular flexibility index (Phi) is 4.95. The van der Waals surface area contributed by atoms with Crippen LogP contribution in [0, 0.1) is 0 Å². The van der Waals surface area contributed by atoms with Crippen LogP contribution in [0.2, 0.25) is 0 Å². The Morgan fingerprint density at radius 1 is 1.26 bits per heavy atom. The van der Waals surface area contributed by atoms with Crippen molar-refractivity contribution in [2.75, 3.05) is 6.54 Å². The lowest BCUT2D eigenvalue weighted by atomic mass is 10.0. The molecule has 1 aromatic carbocycles. The second kappa shape index (κ2) is 6.92. The fourth-order valence-corrected chi connectivity index (χ4v) is 2.31. The Balaban J connectivity index is 2.09. The molecular weight excluding hydrogens is 240 g/mol. The lowest BCUT2D eigenvalue weighted by molar-refractivity contribution is -0.137. The molecule has 2 N–H and O–H groups in total. The molecule has 19 heavy (non-hydrogen) atoms. The van der Waals surface area contributed by atoms with Gasteiger partial charge in [0, 0.05) is 13.0 Å². The standard InChI is InChI=1S/C15H20N2O2/c18-15(19)11-13(12-7-3-1-4-8-12)17-14-9-5-2-6-10-16-14/h1,3-4,7-8,13H,2,5-6,9-11H2,(H,16,17)(H,18,19). The number of carbonyl (C=O) groups is 1. The molecule has 1 aliphatic rings. The number of nitrogens with zero attached hydrogens (tertiary/aromatic N) is 1. The van der Waals surface area contributed by atoms with Crippen LogP contribution >= 0.6 is 0 Å². The molecule has 0 fully saturated rings. The van der Waals surface area contributed by atoms with E-state index in [1.54, 1.807) is 0 Å². The molecule has 4 heteroatoms. The van der Waals surface area contributed by atoms with Gasteiger partial charge in [0.1, 0.15) is 0 Å². The first kappa shape index (κ1) is 13.6. The average Bonchev–Trinajstić information content (AvgIpc) is 2.67. The molecular formula is C15H20N2O2. The number of aliphatic carboxylic acids is 1. The third-order valence-corrected chi connectivity index (χ3v) is 3.30. The van der Waals surface area contributed by atoms with E-state index < -0.39 is 5.97 Å². The summed E-state index contributed by atoms with van der Waals surface area (Å²) < 4.78 is 0. The molecule has 0 bridgehead atoms. The van der Waals surface area contributed by atoms with E-state index in [9.17, 15) is 4.79 Å². The number of amidine groups is 1. The minimum Gasteiger partial charge on any atom is -0.481 e. The zero-order chi connectivity index (χ0) is 13.5. The molecule has 4 nitrogen and oxygen atoms in total. The number of carboxylic acids is 1. The van der Waals surface area contributed by atoms with Crippen molar-refractivity contribution in [1.29, 1.82) is 0 Å². The number of aliphatic imine (C=N–C) groups is 1. The maximum Gasteiger partial charge on any atom is 0.305 e. The molecule has 0 radical (unpaired) electrons. The van der Waals surface area contributed by atoms with Crippen molar-refractivity contribution in [1.82, 2.24) is 5.32 Å². The van der Waals surface area contributed by atoms with E-state index in [4.69, 9.17) is 5.11 Å². The second-order valence-corrected chi connectivity index (χ2v) is 4.84. The van der Waals surface area contributed by atoms with Gasteiger partial charge in [-0.05, 0) is 18.4 Å². The number of rotatable bonds is 4. The number of benzene rings is 1. The van der Waals surface area contributed by atoms with E-state index in [2.05, 4.69) is 10.3 Å². The summed E-state index contributed by atoms with van der Waals surface area (Å²) in [6.07, 6.45) is 4.44. The minimum atomic E-state index is -0.796. The van der Waals surface area contributed by atoms with E-state index in [1.165, 1.54) is 6.42 Å². The topological polar surface area (TPSA) is 61.7 Å². The summed E-state index contributed by atoms with van der Waals surface area (Å²) in [7, 11) is 0. The van der Waals surface area contributed by atoms with Crippen molar-refractivity contribution in [2.45, 2.75) is 38.1 Å². The van der Waals surface area contributed by atoms with Crippen LogP contribution in [-0.2, 0) is 4.79 Å². The fourth-order valence-electron chi connectivity index (χ4n) is 2.31. The van der Waals surface area contributed by atoms with Crippen molar-refractivity contribution in [3.8, 4) is 0 Å². The Morgan fingerprint density at radius 3 is 2.79 bits per heavy atom. The number of hydrogen-bond acceptors (Lipinski definition) is 3. The van der Waals surface area contributed by atoms with Crippen LogP contribution in [0.3, 0.4) is 0 Å². The highest BCUT2D eigenvalue weighted by molar-refractivity contribution is 5.83. The molecule has 0 saturated carbocycles. The van der Waals surface area contributed by atoms with Gasteiger partial charge in [0.25, 0.3) is 0 Å². The second-order valence-electron chi connectivity index (χ2n) is 4.84. The summed E-state index contributed by atoms with van der Waals surface area (Å²) in [6.45, 7) is 0.844. The summed E-state index contributed by atoms with van der Waals surface area (Å²) in [4.78, 5) is 15.5. The normalized spacial score (nSPS) is 17.2. The van der Waals surface area contributed by atoms with Crippen LogP contribution in [0.5, 0.6) is 0 Å². The highest BCUT2D eigenvalue weighted by Crippen LogP contribution is 2.18. The van der Waals surface area contributed by atoms with Gasteiger partial charge in [0.15, 0.2) is 0 Å². The fraction of sp³-hybridized carbons (Fsp3) is 0.467. The van der Waals surface area contributed by atoms with Crippen molar-refractivity contribution in [2.24, 2.45) is 4.99 Å². The summed E-state index contributed by atoms with van der Waals surface area (Å²) in [5.74, 6) is 0.156. The predicted molar refractivity (Wildman–Crippen MR) is 75.3 cm³/mol. The van der Waals surface area contributed by atoms with Gasteiger partial charge in [-0.2, -0.15) is 0 Å². The third kappa shape index (κ3) is 4.39. The summed E-state index contributed by atoms with van der Waals surface area (Å²) in [5, 5.41) is 12.4. The maximum atomic E-state index is 11.0. The Bertz CT molecular complexity index is 443. The highest BCUT2D eigenvalue weighted by atomic mass is 16.4. The van der Waals surface area contributed by atoms with Gasteiger partial charge >= 0.3 is 5.97 Å². The first-order valence-corrected chi connectivity index (χ1v) is 6.82. The number of carboxylic acid groups (broad SMARTS) is 1. The Morgan fingerprint density at radius 2 is 2.05 bits per heavy atom. The Labute approximate surface area is 113 Å². The first-order valence-electron chi connectivity index (χ1n) is 6.82. The number of hydrogen-bond donors (Lipinski definition) is 2. The van der Waals surface area contributed by atoms with Gasteiger partial charge in [0.05, 0.1) is 18.3 Å². The van der Waals surface area contributed by atoms with Crippen LogP contribution in [0.1, 0.15) is 43.7 Å². The SMILES string of the molecule is O=C(O)CC(NC1=NCCCCC1)c1ccccc1. The van der Waals surface area contributed by atoms with Crippen molar-refractivity contribution < 1.29 is 9.90 Å². The lowest BCUT2D eigenvalue weighted by Gasteiger charge is -2.19. The maximum absolute atomic E-state index is 11.0. The third-order valence-electron chi connectivity index (χ3n) is 3.30. The molecule has 1 unspecified atom stereocenters. The first-order chi connectivity index (χ1) is 9.25. The van der Waals surface area contributed by atoms with Gasteiger partial charge in [0.2, 0.25) is 0 Å². The monoisotopic (exact) mass is 260 g/mol. The molecule has 1 aliphatic heterocycles. The van der Waals surface area contributed by atoms with Crippen LogP contribution in [0.4, 0.5) is 0 Å².